The summed E-state index contributed by atoms with van der Waals surface area (Å²) in [6.45, 7) is 3.93. The summed E-state index contributed by atoms with van der Waals surface area (Å²) in [6, 6.07) is 1.99. The number of aromatic nitrogens is 1. The van der Waals surface area contributed by atoms with Crippen molar-refractivity contribution in [3.63, 3.8) is 0 Å². The zero-order chi connectivity index (χ0) is 5.98. The predicted molar refractivity (Wildman–Crippen MR) is 31.4 cm³/mol. The molecular formula is C7H7N. The van der Waals surface area contributed by atoms with Crippen molar-refractivity contribution in [3.8, 4) is 0 Å². The van der Waals surface area contributed by atoms with Gasteiger partial charge in [-0.2, -0.15) is 0 Å². The topological polar surface area (TPSA) is 12.9 Å². The van der Waals surface area contributed by atoms with Gasteiger partial charge in [-0.05, 0) is 25.0 Å². The fraction of sp³-hybridized carbons (Fsp3) is 0.286. The molecule has 40 valence electrons. The third-order valence-electron chi connectivity index (χ3n) is 0.898. The van der Waals surface area contributed by atoms with E-state index in [0.29, 0.717) is 0 Å². The summed E-state index contributed by atoms with van der Waals surface area (Å²) in [5, 5.41) is 0. The lowest BCUT2D eigenvalue weighted by Crippen LogP contribution is -1.78. The Kier molecular flexibility index (Phi) is 1.29. The highest BCUT2D eigenvalue weighted by atomic mass is 14.6. The standard InChI is InChI=1S/C7H7N/c1-6-3-7(2)5-8-4-6/h3H,1-2H3. The van der Waals surface area contributed by atoms with Crippen LogP contribution in [0.1, 0.15) is 11.1 Å². The van der Waals surface area contributed by atoms with Crippen LogP contribution in [0.4, 0.5) is 0 Å². The van der Waals surface area contributed by atoms with Gasteiger partial charge in [-0.25, -0.2) is 4.98 Å². The Balaban J connectivity index is 3.08. The molecule has 0 spiro atoms. The zero-order valence-corrected chi connectivity index (χ0v) is 5.02. The van der Waals surface area contributed by atoms with Gasteiger partial charge < -0.3 is 0 Å². The summed E-state index contributed by atoms with van der Waals surface area (Å²) in [4.78, 5) is 3.73. The van der Waals surface area contributed by atoms with Crippen molar-refractivity contribution in [1.82, 2.24) is 4.98 Å². The maximum atomic E-state index is 3.73. The van der Waals surface area contributed by atoms with Crippen molar-refractivity contribution in [3.05, 3.63) is 29.6 Å². The summed E-state index contributed by atoms with van der Waals surface area (Å²) in [7, 11) is 0. The molecule has 0 unspecified atom stereocenters. The van der Waals surface area contributed by atoms with Crippen LogP contribution in [-0.4, -0.2) is 4.98 Å². The van der Waals surface area contributed by atoms with Gasteiger partial charge >= 0.3 is 0 Å². The van der Waals surface area contributed by atoms with E-state index in [4.69, 9.17) is 0 Å². The quantitative estimate of drug-likeness (QED) is 0.484. The molecule has 0 aliphatic rings. The molecule has 1 heteroatoms. The minimum Gasteiger partial charge on any atom is -0.244 e. The van der Waals surface area contributed by atoms with E-state index in [-0.39, 0.29) is 0 Å². The van der Waals surface area contributed by atoms with Gasteiger partial charge in [-0.1, -0.05) is 6.07 Å². The number of rotatable bonds is 0. The molecule has 1 heterocycles. The van der Waals surface area contributed by atoms with Crippen LogP contribution < -0.4 is 0 Å². The predicted octanol–water partition coefficient (Wildman–Crippen LogP) is 1.30. The van der Waals surface area contributed by atoms with Crippen LogP contribution in [0.5, 0.6) is 0 Å². The lowest BCUT2D eigenvalue weighted by atomic mass is 10.2. The molecule has 8 heavy (non-hydrogen) atoms. The van der Waals surface area contributed by atoms with Gasteiger partial charge in [0.2, 0.25) is 0 Å². The number of aryl methyl sites for hydroxylation is 2. The molecule has 1 aromatic rings. The lowest BCUT2D eigenvalue weighted by Gasteiger charge is -1.87. The first-order chi connectivity index (χ1) is 3.79. The van der Waals surface area contributed by atoms with Crippen molar-refractivity contribution in [2.45, 2.75) is 13.8 Å². The first-order valence-corrected chi connectivity index (χ1v) is 2.52. The molecular weight excluding hydrogens is 98.1 g/mol. The van der Waals surface area contributed by atoms with Gasteiger partial charge in [0.25, 0.3) is 0 Å². The Morgan fingerprint density at radius 3 is 2.00 bits per heavy atom. The fourth-order valence-corrected chi connectivity index (χ4v) is 0.594. The average Bonchev–Trinajstić information content (AvgIpc) is 1.64. The van der Waals surface area contributed by atoms with Crippen LogP contribution in [0.15, 0.2) is 6.07 Å². The molecule has 2 radical (unpaired) electrons. The maximum Gasteiger partial charge on any atom is 0.0926 e. The van der Waals surface area contributed by atoms with E-state index >= 15 is 0 Å². The fourth-order valence-electron chi connectivity index (χ4n) is 0.594. The monoisotopic (exact) mass is 105 g/mol. The molecule has 0 saturated heterocycles. The number of hydrogen-bond acceptors (Lipinski definition) is 1. The smallest absolute Gasteiger partial charge is 0.0926 e. The van der Waals surface area contributed by atoms with E-state index in [2.05, 4.69) is 17.4 Å². The summed E-state index contributed by atoms with van der Waals surface area (Å²) in [5.41, 5.74) is 2.14. The SMILES string of the molecule is Cc1[c]n[c]c(C)c1. The largest absolute Gasteiger partial charge is 0.244 e. The van der Waals surface area contributed by atoms with Gasteiger partial charge in [0.1, 0.15) is 0 Å². The normalized spacial score (nSPS) is 9.25. The zero-order valence-electron chi connectivity index (χ0n) is 5.02. The van der Waals surface area contributed by atoms with E-state index in [1.165, 1.54) is 0 Å². The molecule has 0 saturated carbocycles. The van der Waals surface area contributed by atoms with Crippen molar-refractivity contribution >= 4 is 0 Å². The molecule has 0 bridgehead atoms. The van der Waals surface area contributed by atoms with Crippen LogP contribution in [0.3, 0.4) is 0 Å². The minimum atomic E-state index is 1.07. The van der Waals surface area contributed by atoms with Crippen LogP contribution in [0, 0.1) is 26.2 Å². The second kappa shape index (κ2) is 1.95. The molecule has 0 atom stereocenters. The maximum absolute atomic E-state index is 3.73. The molecule has 1 nitrogen and oxygen atoms in total. The Morgan fingerprint density at radius 2 is 1.75 bits per heavy atom. The molecule has 0 aliphatic carbocycles. The number of nitrogens with zero attached hydrogens (tertiary/aromatic N) is 1. The van der Waals surface area contributed by atoms with Crippen molar-refractivity contribution in [2.75, 3.05) is 0 Å². The molecule has 1 rings (SSSR count). The highest BCUT2D eigenvalue weighted by molar-refractivity contribution is 5.12. The van der Waals surface area contributed by atoms with Gasteiger partial charge in [-0.15, -0.1) is 0 Å². The van der Waals surface area contributed by atoms with E-state index in [9.17, 15) is 0 Å². The number of hydrogen-bond donors (Lipinski definition) is 0. The van der Waals surface area contributed by atoms with Gasteiger partial charge in [-0.3, -0.25) is 0 Å². The molecule has 0 fully saturated rings. The van der Waals surface area contributed by atoms with Crippen molar-refractivity contribution in [2.24, 2.45) is 0 Å². The van der Waals surface area contributed by atoms with Gasteiger partial charge in [0.15, 0.2) is 0 Å². The molecule has 1 aromatic heterocycles. The van der Waals surface area contributed by atoms with E-state index < -0.39 is 0 Å². The van der Waals surface area contributed by atoms with Crippen molar-refractivity contribution in [1.29, 1.82) is 0 Å². The third kappa shape index (κ3) is 1.06. The van der Waals surface area contributed by atoms with Gasteiger partial charge in [0.05, 0.1) is 12.4 Å². The second-order valence-corrected chi connectivity index (χ2v) is 1.85. The molecule has 0 aromatic carbocycles. The number of pyridine rings is 1. The molecule has 0 N–H and O–H groups in total. The van der Waals surface area contributed by atoms with Crippen LogP contribution in [0.2, 0.25) is 0 Å². The van der Waals surface area contributed by atoms with E-state index in [0.717, 1.165) is 11.1 Å². The third-order valence-corrected chi connectivity index (χ3v) is 0.898. The summed E-state index contributed by atoms with van der Waals surface area (Å²) in [6.07, 6.45) is 5.53. The highest BCUT2D eigenvalue weighted by Crippen LogP contribution is 1.95. The first kappa shape index (κ1) is 5.29. The Morgan fingerprint density at radius 1 is 1.25 bits per heavy atom. The molecule has 0 amide bonds. The summed E-state index contributed by atoms with van der Waals surface area (Å²) < 4.78 is 0. The van der Waals surface area contributed by atoms with Gasteiger partial charge in [0, 0.05) is 0 Å². The average molecular weight is 105 g/mol. The van der Waals surface area contributed by atoms with E-state index in [1.807, 2.05) is 19.9 Å². The Bertz CT molecular complexity index is 164. The minimum absolute atomic E-state index is 1.07. The first-order valence-electron chi connectivity index (χ1n) is 2.52. The van der Waals surface area contributed by atoms with Crippen LogP contribution in [-0.2, 0) is 0 Å². The Labute approximate surface area is 49.4 Å². The van der Waals surface area contributed by atoms with E-state index in [1.54, 1.807) is 0 Å². The summed E-state index contributed by atoms with van der Waals surface area (Å²) >= 11 is 0. The van der Waals surface area contributed by atoms with Crippen LogP contribution in [0.25, 0.3) is 0 Å². The summed E-state index contributed by atoms with van der Waals surface area (Å²) in [5.74, 6) is 0. The van der Waals surface area contributed by atoms with Crippen molar-refractivity contribution < 1.29 is 0 Å². The lowest BCUT2D eigenvalue weighted by molar-refractivity contribution is 1.19. The Hall–Kier alpha value is -0.850. The van der Waals surface area contributed by atoms with Crippen LogP contribution >= 0.6 is 0 Å². The highest BCUT2D eigenvalue weighted by Gasteiger charge is 1.83. The second-order valence-electron chi connectivity index (χ2n) is 1.85. The molecule has 0 aliphatic heterocycles.